The van der Waals surface area contributed by atoms with E-state index in [1.807, 2.05) is 58.2 Å². The van der Waals surface area contributed by atoms with Gasteiger partial charge in [-0.2, -0.15) is 0 Å². The van der Waals surface area contributed by atoms with Crippen LogP contribution < -0.4 is 0 Å². The first-order valence-electron chi connectivity index (χ1n) is 15.0. The first kappa shape index (κ1) is 31.8. The molecule has 4 nitrogen and oxygen atoms in total. The van der Waals surface area contributed by atoms with E-state index in [-0.39, 0.29) is 43.5 Å². The number of hydrogen-bond acceptors (Lipinski definition) is 3. The van der Waals surface area contributed by atoms with Crippen LogP contribution in [0.15, 0.2) is 126 Å². The van der Waals surface area contributed by atoms with Gasteiger partial charge >= 0.3 is 5.78 Å². The molecule has 0 aliphatic carbocycles. The Bertz CT molecular complexity index is 2160. The summed E-state index contributed by atoms with van der Waals surface area (Å²) >= 11 is 0. The number of benzene rings is 5. The molecule has 0 spiro atoms. The summed E-state index contributed by atoms with van der Waals surface area (Å²) in [5.41, 5.74) is 5.98. The number of hydrogen-bond donors (Lipinski definition) is 1. The van der Waals surface area contributed by atoms with Gasteiger partial charge in [-0.05, 0) is 45.4 Å². The molecular weight excluding hydrogens is 735 g/mol. The minimum atomic E-state index is 0. The molecule has 0 saturated heterocycles. The van der Waals surface area contributed by atoms with Crippen molar-refractivity contribution in [1.29, 1.82) is 0 Å². The van der Waals surface area contributed by atoms with Crippen LogP contribution in [-0.2, 0) is 20.1 Å². The van der Waals surface area contributed by atoms with Crippen LogP contribution in [-0.4, -0.2) is 20.7 Å². The van der Waals surface area contributed by atoms with Gasteiger partial charge in [0.1, 0.15) is 16.9 Å². The van der Waals surface area contributed by atoms with Gasteiger partial charge in [0.2, 0.25) is 0 Å². The molecule has 227 valence electrons. The smallest absolute Gasteiger partial charge is 0.322 e. The van der Waals surface area contributed by atoms with E-state index in [2.05, 4.69) is 84.9 Å². The number of furan rings is 1. The molecule has 0 unspecified atom stereocenters. The zero-order valence-electron chi connectivity index (χ0n) is 25.7. The number of nitrogens with zero attached hydrogens (tertiary/aromatic N) is 1. The molecule has 45 heavy (non-hydrogen) atoms. The Balaban J connectivity index is 0.000000289. The Hall–Kier alpha value is -4.57. The van der Waals surface area contributed by atoms with Crippen molar-refractivity contribution in [3.63, 3.8) is 0 Å². The Morgan fingerprint density at radius 2 is 1.42 bits per heavy atom. The van der Waals surface area contributed by atoms with E-state index in [9.17, 15) is 9.90 Å². The Morgan fingerprint density at radius 3 is 2.16 bits per heavy atom. The van der Waals surface area contributed by atoms with E-state index in [1.165, 1.54) is 22.2 Å². The molecule has 0 fully saturated rings. The number of para-hydroxylation sites is 1. The summed E-state index contributed by atoms with van der Waals surface area (Å²) in [6.07, 6.45) is 3.32. The number of aliphatic hydroxyl groups excluding tert-OH is 1. The van der Waals surface area contributed by atoms with Gasteiger partial charge in [0.05, 0.1) is 12.0 Å². The predicted molar refractivity (Wildman–Crippen MR) is 184 cm³/mol. The summed E-state index contributed by atoms with van der Waals surface area (Å²) in [6, 6.07) is 39.2. The quantitative estimate of drug-likeness (QED) is 0.0623. The summed E-state index contributed by atoms with van der Waals surface area (Å²) in [6.45, 7) is 7.50. The van der Waals surface area contributed by atoms with Crippen LogP contribution in [0.3, 0.4) is 0 Å². The third kappa shape index (κ3) is 6.61. The standard InChI is InChI=1S/C31H18NO.C9H16O2.Ir/c1-2-6-24-21(5-1)13-16-28-25(24)17-18-32-31(28)22-11-9-20(10-12-22)23-14-15-27-26-7-3-4-8-29(26)33-30(27)19-23;1-6(2)8(10)5-9(11)7(3)4;/h1-11,13-19H;5-7,10H,1-4H3;/q-1;;/p+1/b;8-5-;. The number of pyridine rings is 1. The Kier molecular flexibility index (Phi) is 9.62. The minimum absolute atomic E-state index is 0. The second kappa shape index (κ2) is 13.6. The second-order valence-corrected chi connectivity index (χ2v) is 11.6. The van der Waals surface area contributed by atoms with Gasteiger partial charge in [-0.25, -0.2) is 0 Å². The average molecular weight is 770 g/mol. The van der Waals surface area contributed by atoms with Crippen molar-refractivity contribution >= 4 is 49.3 Å². The van der Waals surface area contributed by atoms with Gasteiger partial charge in [-0.3, -0.25) is 4.79 Å². The van der Waals surface area contributed by atoms with Crippen molar-refractivity contribution in [2.45, 2.75) is 27.7 Å². The third-order valence-electron chi connectivity index (χ3n) is 7.93. The summed E-state index contributed by atoms with van der Waals surface area (Å²) in [7, 11) is 0. The minimum Gasteiger partial charge on any atom is -0.512 e. The number of allylic oxidation sites excluding steroid dienone is 2. The first-order chi connectivity index (χ1) is 21.3. The van der Waals surface area contributed by atoms with Gasteiger partial charge in [-0.1, -0.05) is 106 Å². The molecule has 5 aromatic carbocycles. The largest absolute Gasteiger partial charge is 0.512 e. The van der Waals surface area contributed by atoms with Gasteiger partial charge in [0.25, 0.3) is 0 Å². The molecule has 2 heterocycles. The number of fused-ring (bicyclic) bond motifs is 6. The van der Waals surface area contributed by atoms with Crippen molar-refractivity contribution in [2.75, 3.05) is 0 Å². The molecule has 2 aromatic heterocycles. The number of aromatic nitrogens is 1. The molecule has 2 N–H and O–H groups in total. The Morgan fingerprint density at radius 1 is 0.733 bits per heavy atom. The molecule has 1 radical (unpaired) electrons. The molecule has 0 bridgehead atoms. The number of rotatable bonds is 5. The maximum absolute atomic E-state index is 9.23. The topological polar surface area (TPSA) is 67.7 Å². The normalized spacial score (nSPS) is 11.6. The third-order valence-corrected chi connectivity index (χ3v) is 7.93. The molecule has 7 aromatic rings. The average Bonchev–Trinajstić information content (AvgIpc) is 3.42. The van der Waals surface area contributed by atoms with Crippen molar-refractivity contribution in [1.82, 2.24) is 4.98 Å². The SMILES string of the molecule is CC(C)C(=[OH+])/C=C(\O)C(C)C.[Ir].[c-]1cc(-c2ccc3c(c2)oc2ccccc23)ccc1-c1nccc2c1ccc1ccccc12. The van der Waals surface area contributed by atoms with Gasteiger partial charge in [0.15, 0.2) is 0 Å². The maximum Gasteiger partial charge on any atom is 0.322 e. The van der Waals surface area contributed by atoms with E-state index in [0.717, 1.165) is 49.7 Å². The van der Waals surface area contributed by atoms with Crippen LogP contribution in [0.1, 0.15) is 27.7 Å². The molecule has 0 amide bonds. The van der Waals surface area contributed by atoms with E-state index in [0.29, 0.717) is 0 Å². The van der Waals surface area contributed by atoms with E-state index < -0.39 is 0 Å². The van der Waals surface area contributed by atoms with Crippen LogP contribution in [0, 0.1) is 17.9 Å². The summed E-state index contributed by atoms with van der Waals surface area (Å²) in [5.74, 6) is 0.624. The molecule has 0 saturated carbocycles. The second-order valence-electron chi connectivity index (χ2n) is 11.6. The molecule has 0 aliphatic heterocycles. The number of carbonyl (C=O) groups excluding carboxylic acids is 1. The fourth-order valence-corrected chi connectivity index (χ4v) is 5.29. The van der Waals surface area contributed by atoms with Crippen molar-refractivity contribution < 1.29 is 34.4 Å². The van der Waals surface area contributed by atoms with Crippen LogP contribution in [0.4, 0.5) is 0 Å². The summed E-state index contributed by atoms with van der Waals surface area (Å²) in [5, 5.41) is 16.4. The molecule has 5 heteroatoms. The van der Waals surface area contributed by atoms with Crippen LogP contribution in [0.5, 0.6) is 0 Å². The molecule has 0 atom stereocenters. The monoisotopic (exact) mass is 770 g/mol. The zero-order valence-corrected chi connectivity index (χ0v) is 28.1. The maximum atomic E-state index is 9.23. The van der Waals surface area contributed by atoms with Crippen LogP contribution in [0.25, 0.3) is 65.9 Å². The van der Waals surface area contributed by atoms with Crippen molar-refractivity contribution in [3.05, 3.63) is 127 Å². The van der Waals surface area contributed by atoms with E-state index in [1.54, 1.807) is 0 Å². The number of ketones is 1. The molecule has 0 aliphatic rings. The molecular formula is C40H35IrNO3. The number of aliphatic hydroxyl groups is 1. The van der Waals surface area contributed by atoms with Crippen molar-refractivity contribution in [3.8, 4) is 22.4 Å². The molecule has 7 rings (SSSR count). The summed E-state index contributed by atoms with van der Waals surface area (Å²) in [4.78, 5) is 13.9. The van der Waals surface area contributed by atoms with Crippen molar-refractivity contribution in [2.24, 2.45) is 11.8 Å². The van der Waals surface area contributed by atoms with Gasteiger partial charge < -0.3 is 14.5 Å². The van der Waals surface area contributed by atoms with Crippen LogP contribution >= 0.6 is 0 Å². The fraction of sp³-hybridized carbons (Fsp3) is 0.150. The summed E-state index contributed by atoms with van der Waals surface area (Å²) < 4.78 is 6.07. The van der Waals surface area contributed by atoms with Gasteiger partial charge in [-0.15, -0.1) is 29.8 Å². The Labute approximate surface area is 276 Å². The first-order valence-corrected chi connectivity index (χ1v) is 15.0. The zero-order chi connectivity index (χ0) is 30.8. The van der Waals surface area contributed by atoms with Gasteiger partial charge in [0, 0.05) is 43.0 Å². The fourth-order valence-electron chi connectivity index (χ4n) is 5.29. The van der Waals surface area contributed by atoms with Crippen LogP contribution in [0.2, 0.25) is 0 Å². The predicted octanol–water partition coefficient (Wildman–Crippen LogP) is 10.7. The van der Waals surface area contributed by atoms with E-state index in [4.69, 9.17) is 9.40 Å². The van der Waals surface area contributed by atoms with E-state index >= 15 is 0 Å².